The monoisotopic (exact) mass is 328 g/mol. The Kier molecular flexibility index (Phi) is 4.66. The molecule has 1 aliphatic rings. The minimum absolute atomic E-state index is 0.0111. The van der Waals surface area contributed by atoms with Crippen LogP contribution in [0.2, 0.25) is 0 Å². The molecule has 0 atom stereocenters. The normalized spacial score (nSPS) is 17.0. The first-order valence-electron chi connectivity index (χ1n) is 8.44. The van der Waals surface area contributed by atoms with Crippen molar-refractivity contribution in [3.63, 3.8) is 0 Å². The Bertz CT molecular complexity index is 698. The second-order valence-corrected chi connectivity index (χ2v) is 6.64. The maximum atomic E-state index is 12.8. The van der Waals surface area contributed by atoms with Crippen LogP contribution in [0.25, 0.3) is 5.69 Å². The third-order valence-electron chi connectivity index (χ3n) is 5.32. The SMILES string of the molecule is CCC1(CO)CCN(C(=O)c2ccc(-n3cncn3)cc2C)CC1. The summed E-state index contributed by atoms with van der Waals surface area (Å²) < 4.78 is 1.68. The van der Waals surface area contributed by atoms with Crippen molar-refractivity contribution >= 4 is 5.91 Å². The average molecular weight is 328 g/mol. The molecule has 1 aliphatic heterocycles. The lowest BCUT2D eigenvalue weighted by molar-refractivity contribution is 0.0337. The predicted octanol–water partition coefficient (Wildman–Crippen LogP) is 2.20. The van der Waals surface area contributed by atoms with E-state index < -0.39 is 0 Å². The lowest BCUT2D eigenvalue weighted by Crippen LogP contribution is -2.44. The standard InChI is InChI=1S/C18H24N4O2/c1-3-18(11-23)6-8-21(9-7-18)17(24)16-5-4-15(10-14(16)2)22-13-19-12-20-22/h4-5,10,12-13,23H,3,6-9,11H2,1-2H3. The highest BCUT2D eigenvalue weighted by Crippen LogP contribution is 2.34. The number of piperidine rings is 1. The lowest BCUT2D eigenvalue weighted by atomic mass is 9.77. The first-order chi connectivity index (χ1) is 11.6. The van der Waals surface area contributed by atoms with Crippen LogP contribution in [0.15, 0.2) is 30.9 Å². The highest BCUT2D eigenvalue weighted by atomic mass is 16.3. The summed E-state index contributed by atoms with van der Waals surface area (Å²) in [4.78, 5) is 18.7. The van der Waals surface area contributed by atoms with Gasteiger partial charge < -0.3 is 10.0 Å². The van der Waals surface area contributed by atoms with Crippen molar-refractivity contribution in [2.24, 2.45) is 5.41 Å². The number of amides is 1. The van der Waals surface area contributed by atoms with E-state index in [0.29, 0.717) is 13.1 Å². The molecule has 0 unspecified atom stereocenters. The number of aromatic nitrogens is 3. The fraction of sp³-hybridized carbons (Fsp3) is 0.500. The van der Waals surface area contributed by atoms with Gasteiger partial charge in [-0.2, -0.15) is 5.10 Å². The second kappa shape index (κ2) is 6.73. The number of hydrogen-bond donors (Lipinski definition) is 1. The van der Waals surface area contributed by atoms with E-state index in [9.17, 15) is 9.90 Å². The zero-order valence-electron chi connectivity index (χ0n) is 14.3. The van der Waals surface area contributed by atoms with E-state index in [0.717, 1.165) is 36.1 Å². The van der Waals surface area contributed by atoms with Crippen molar-refractivity contribution in [1.82, 2.24) is 19.7 Å². The Labute approximate surface area is 142 Å². The van der Waals surface area contributed by atoms with Crippen LogP contribution in [0.3, 0.4) is 0 Å². The van der Waals surface area contributed by atoms with Gasteiger partial charge in [0.05, 0.1) is 5.69 Å². The second-order valence-electron chi connectivity index (χ2n) is 6.64. The number of carbonyl (C=O) groups excluding carboxylic acids is 1. The fourth-order valence-electron chi connectivity index (χ4n) is 3.35. The Balaban J connectivity index is 1.74. The Morgan fingerprint density at radius 3 is 2.62 bits per heavy atom. The van der Waals surface area contributed by atoms with Crippen molar-refractivity contribution in [3.05, 3.63) is 42.0 Å². The highest BCUT2D eigenvalue weighted by Gasteiger charge is 2.34. The van der Waals surface area contributed by atoms with E-state index >= 15 is 0 Å². The molecule has 1 saturated heterocycles. The molecule has 2 heterocycles. The van der Waals surface area contributed by atoms with Crippen LogP contribution in [0, 0.1) is 12.3 Å². The average Bonchev–Trinajstić information content (AvgIpc) is 3.16. The maximum Gasteiger partial charge on any atom is 0.254 e. The Morgan fingerprint density at radius 1 is 1.33 bits per heavy atom. The van der Waals surface area contributed by atoms with Gasteiger partial charge in [-0.15, -0.1) is 0 Å². The van der Waals surface area contributed by atoms with Crippen LogP contribution in [0.5, 0.6) is 0 Å². The molecule has 24 heavy (non-hydrogen) atoms. The van der Waals surface area contributed by atoms with Crippen molar-refractivity contribution in [2.75, 3.05) is 19.7 Å². The maximum absolute atomic E-state index is 12.8. The van der Waals surface area contributed by atoms with E-state index in [4.69, 9.17) is 0 Å². The van der Waals surface area contributed by atoms with Gasteiger partial charge in [0, 0.05) is 25.3 Å². The molecule has 0 saturated carbocycles. The Hall–Kier alpha value is -2.21. The zero-order valence-corrected chi connectivity index (χ0v) is 14.3. The largest absolute Gasteiger partial charge is 0.396 e. The lowest BCUT2D eigenvalue weighted by Gasteiger charge is -2.40. The van der Waals surface area contributed by atoms with Gasteiger partial charge in [-0.25, -0.2) is 9.67 Å². The molecular formula is C18H24N4O2. The molecule has 1 aromatic carbocycles. The summed E-state index contributed by atoms with van der Waals surface area (Å²) in [7, 11) is 0. The summed E-state index contributed by atoms with van der Waals surface area (Å²) in [5.74, 6) is 0.0697. The summed E-state index contributed by atoms with van der Waals surface area (Å²) in [6.07, 6.45) is 5.81. The number of benzene rings is 1. The van der Waals surface area contributed by atoms with Gasteiger partial charge in [-0.1, -0.05) is 6.92 Å². The molecule has 0 spiro atoms. The van der Waals surface area contributed by atoms with Gasteiger partial charge >= 0.3 is 0 Å². The summed E-state index contributed by atoms with van der Waals surface area (Å²) >= 11 is 0. The molecule has 0 bridgehead atoms. The van der Waals surface area contributed by atoms with E-state index in [-0.39, 0.29) is 17.9 Å². The molecule has 6 heteroatoms. The van der Waals surface area contributed by atoms with Gasteiger partial charge in [-0.3, -0.25) is 4.79 Å². The molecule has 128 valence electrons. The van der Waals surface area contributed by atoms with Crippen LogP contribution in [0.4, 0.5) is 0 Å². The number of aliphatic hydroxyl groups is 1. The van der Waals surface area contributed by atoms with Gasteiger partial charge in [-0.05, 0) is 55.4 Å². The van der Waals surface area contributed by atoms with Gasteiger partial charge in [0.15, 0.2) is 0 Å². The molecular weight excluding hydrogens is 304 g/mol. The first-order valence-corrected chi connectivity index (χ1v) is 8.44. The third-order valence-corrected chi connectivity index (χ3v) is 5.32. The van der Waals surface area contributed by atoms with Crippen molar-refractivity contribution in [1.29, 1.82) is 0 Å². The minimum Gasteiger partial charge on any atom is -0.396 e. The number of likely N-dealkylation sites (tertiary alicyclic amines) is 1. The van der Waals surface area contributed by atoms with Crippen molar-refractivity contribution < 1.29 is 9.90 Å². The molecule has 1 amide bonds. The number of carbonyl (C=O) groups is 1. The molecule has 0 aliphatic carbocycles. The summed E-state index contributed by atoms with van der Waals surface area (Å²) in [6, 6.07) is 5.71. The first kappa shape index (κ1) is 16.6. The summed E-state index contributed by atoms with van der Waals surface area (Å²) in [5.41, 5.74) is 2.54. The molecule has 6 nitrogen and oxygen atoms in total. The molecule has 2 aromatic rings. The van der Waals surface area contributed by atoms with Crippen LogP contribution >= 0.6 is 0 Å². The molecule has 0 radical (unpaired) electrons. The van der Waals surface area contributed by atoms with Gasteiger partial charge in [0.25, 0.3) is 5.91 Å². The van der Waals surface area contributed by atoms with Crippen molar-refractivity contribution in [2.45, 2.75) is 33.1 Å². The Morgan fingerprint density at radius 2 is 2.08 bits per heavy atom. The van der Waals surface area contributed by atoms with Gasteiger partial charge in [0.1, 0.15) is 12.7 Å². The fourth-order valence-corrected chi connectivity index (χ4v) is 3.35. The van der Waals surface area contributed by atoms with E-state index in [1.165, 1.54) is 6.33 Å². The van der Waals surface area contributed by atoms with Crippen LogP contribution in [-0.2, 0) is 0 Å². The predicted molar refractivity (Wildman–Crippen MR) is 91.0 cm³/mol. The van der Waals surface area contributed by atoms with E-state index in [1.807, 2.05) is 30.0 Å². The van der Waals surface area contributed by atoms with Crippen LogP contribution < -0.4 is 0 Å². The molecule has 1 N–H and O–H groups in total. The zero-order chi connectivity index (χ0) is 17.2. The summed E-state index contributed by atoms with van der Waals surface area (Å²) in [6.45, 7) is 5.68. The third kappa shape index (κ3) is 3.06. The van der Waals surface area contributed by atoms with E-state index in [2.05, 4.69) is 17.0 Å². The highest BCUT2D eigenvalue weighted by molar-refractivity contribution is 5.96. The van der Waals surface area contributed by atoms with Crippen LogP contribution in [-0.4, -0.2) is 50.4 Å². The summed E-state index contributed by atoms with van der Waals surface area (Å²) in [5, 5.41) is 13.7. The number of aryl methyl sites for hydroxylation is 1. The number of rotatable bonds is 4. The number of aliphatic hydroxyl groups excluding tert-OH is 1. The van der Waals surface area contributed by atoms with Crippen molar-refractivity contribution in [3.8, 4) is 5.69 Å². The quantitative estimate of drug-likeness (QED) is 0.934. The number of nitrogens with zero attached hydrogens (tertiary/aromatic N) is 4. The van der Waals surface area contributed by atoms with E-state index in [1.54, 1.807) is 11.0 Å². The molecule has 3 rings (SSSR count). The van der Waals surface area contributed by atoms with Gasteiger partial charge in [0.2, 0.25) is 0 Å². The minimum atomic E-state index is -0.0111. The smallest absolute Gasteiger partial charge is 0.254 e. The molecule has 1 fully saturated rings. The van der Waals surface area contributed by atoms with Crippen LogP contribution in [0.1, 0.15) is 42.1 Å². The topological polar surface area (TPSA) is 71.2 Å². The number of hydrogen-bond acceptors (Lipinski definition) is 4. The molecule has 1 aromatic heterocycles.